The van der Waals surface area contributed by atoms with Crippen LogP contribution in [-0.4, -0.2) is 49.1 Å². The molecule has 0 spiro atoms. The van der Waals surface area contributed by atoms with Gasteiger partial charge in [0.25, 0.3) is 0 Å². The third kappa shape index (κ3) is 3.78. The second kappa shape index (κ2) is 8.34. The Morgan fingerprint density at radius 1 is 1.32 bits per heavy atom. The Morgan fingerprint density at radius 3 is 2.93 bits per heavy atom. The second-order valence-corrected chi connectivity index (χ2v) is 7.95. The summed E-state index contributed by atoms with van der Waals surface area (Å²) in [5.41, 5.74) is 0.672. The van der Waals surface area contributed by atoms with Crippen molar-refractivity contribution < 1.29 is 4.79 Å². The SMILES string of the molecule is CCC(=O)N1CCCC(NCc2cccnc2)(c2nnnn2C2CCCC2)C1. The molecule has 2 aromatic heterocycles. The van der Waals surface area contributed by atoms with Crippen LogP contribution in [0.2, 0.25) is 0 Å². The summed E-state index contributed by atoms with van der Waals surface area (Å²) in [6.07, 6.45) is 10.7. The number of likely N-dealkylation sites (tertiary alicyclic amines) is 1. The summed E-state index contributed by atoms with van der Waals surface area (Å²) in [6, 6.07) is 4.37. The molecule has 0 radical (unpaired) electrons. The highest BCUT2D eigenvalue weighted by molar-refractivity contribution is 5.76. The monoisotopic (exact) mass is 383 g/mol. The van der Waals surface area contributed by atoms with E-state index in [4.69, 9.17) is 0 Å². The first-order valence-corrected chi connectivity index (χ1v) is 10.4. The van der Waals surface area contributed by atoms with E-state index in [9.17, 15) is 4.79 Å². The van der Waals surface area contributed by atoms with Crippen LogP contribution < -0.4 is 5.32 Å². The lowest BCUT2D eigenvalue weighted by atomic mass is 9.87. The van der Waals surface area contributed by atoms with Crippen molar-refractivity contribution in [3.05, 3.63) is 35.9 Å². The molecule has 1 unspecified atom stereocenters. The van der Waals surface area contributed by atoms with Gasteiger partial charge in [0.2, 0.25) is 5.91 Å². The van der Waals surface area contributed by atoms with E-state index in [1.54, 1.807) is 6.20 Å². The minimum absolute atomic E-state index is 0.187. The predicted octanol–water partition coefficient (Wildman–Crippen LogP) is 2.20. The lowest BCUT2D eigenvalue weighted by Gasteiger charge is -2.43. The number of pyridine rings is 1. The van der Waals surface area contributed by atoms with Crippen LogP contribution in [0.3, 0.4) is 0 Å². The number of carbonyl (C=O) groups excluding carboxylic acids is 1. The van der Waals surface area contributed by atoms with Gasteiger partial charge < -0.3 is 4.90 Å². The average molecular weight is 384 g/mol. The minimum atomic E-state index is -0.439. The van der Waals surface area contributed by atoms with E-state index >= 15 is 0 Å². The van der Waals surface area contributed by atoms with Gasteiger partial charge in [-0.1, -0.05) is 25.8 Å². The molecule has 1 amide bonds. The van der Waals surface area contributed by atoms with Crippen LogP contribution in [0.15, 0.2) is 24.5 Å². The summed E-state index contributed by atoms with van der Waals surface area (Å²) < 4.78 is 2.03. The number of carbonyl (C=O) groups is 1. The standard InChI is InChI=1S/C20H29N7O/c1-2-18(28)26-12-6-10-20(15-26,22-14-16-7-5-11-21-13-16)19-23-24-25-27(19)17-8-3-4-9-17/h5,7,11,13,17,22H,2-4,6,8-10,12,14-15H2,1H3. The molecule has 2 fully saturated rings. The van der Waals surface area contributed by atoms with Crippen molar-refractivity contribution in [2.75, 3.05) is 13.1 Å². The van der Waals surface area contributed by atoms with Crippen LogP contribution in [0.25, 0.3) is 0 Å². The molecular formula is C20H29N7O. The molecule has 2 aromatic rings. The van der Waals surface area contributed by atoms with Crippen LogP contribution in [0.5, 0.6) is 0 Å². The molecule has 4 rings (SSSR count). The van der Waals surface area contributed by atoms with E-state index in [0.29, 0.717) is 25.6 Å². The van der Waals surface area contributed by atoms with Gasteiger partial charge in [-0.25, -0.2) is 4.68 Å². The Balaban J connectivity index is 1.65. The third-order valence-electron chi connectivity index (χ3n) is 6.09. The lowest BCUT2D eigenvalue weighted by molar-refractivity contribution is -0.133. The Kier molecular flexibility index (Phi) is 5.66. The van der Waals surface area contributed by atoms with E-state index < -0.39 is 5.54 Å². The molecule has 1 aliphatic carbocycles. The molecule has 0 aromatic carbocycles. The summed E-state index contributed by atoms with van der Waals surface area (Å²) in [6.45, 7) is 3.99. The smallest absolute Gasteiger partial charge is 0.222 e. The number of nitrogens with zero attached hydrogens (tertiary/aromatic N) is 6. The molecule has 150 valence electrons. The summed E-state index contributed by atoms with van der Waals surface area (Å²) >= 11 is 0. The van der Waals surface area contributed by atoms with Crippen molar-refractivity contribution >= 4 is 5.91 Å². The number of rotatable bonds is 6. The summed E-state index contributed by atoms with van der Waals surface area (Å²) in [7, 11) is 0. The highest BCUT2D eigenvalue weighted by Crippen LogP contribution is 2.36. The van der Waals surface area contributed by atoms with E-state index in [1.165, 1.54) is 12.8 Å². The van der Waals surface area contributed by atoms with Gasteiger partial charge in [-0.2, -0.15) is 0 Å². The maximum Gasteiger partial charge on any atom is 0.222 e. The Morgan fingerprint density at radius 2 is 2.18 bits per heavy atom. The number of piperidine rings is 1. The molecule has 1 aliphatic heterocycles. The molecule has 1 N–H and O–H groups in total. The molecule has 2 aliphatic rings. The normalized spacial score (nSPS) is 23.2. The van der Waals surface area contributed by atoms with Gasteiger partial charge in [-0.3, -0.25) is 15.1 Å². The van der Waals surface area contributed by atoms with Crippen LogP contribution in [0.1, 0.15) is 69.3 Å². The minimum Gasteiger partial charge on any atom is -0.340 e. The van der Waals surface area contributed by atoms with Crippen LogP contribution in [0, 0.1) is 0 Å². The molecule has 1 atom stereocenters. The van der Waals surface area contributed by atoms with Gasteiger partial charge >= 0.3 is 0 Å². The van der Waals surface area contributed by atoms with Gasteiger partial charge in [0, 0.05) is 38.4 Å². The fourth-order valence-corrected chi connectivity index (χ4v) is 4.58. The molecule has 3 heterocycles. The maximum atomic E-state index is 12.5. The number of aromatic nitrogens is 5. The Bertz CT molecular complexity index is 787. The van der Waals surface area contributed by atoms with Crippen LogP contribution in [0.4, 0.5) is 0 Å². The van der Waals surface area contributed by atoms with E-state index in [1.807, 2.05) is 28.8 Å². The lowest BCUT2D eigenvalue weighted by Crippen LogP contribution is -2.57. The Hall–Kier alpha value is -2.35. The number of hydrogen-bond acceptors (Lipinski definition) is 6. The Labute approximate surface area is 165 Å². The zero-order valence-corrected chi connectivity index (χ0v) is 16.5. The third-order valence-corrected chi connectivity index (χ3v) is 6.09. The van der Waals surface area contributed by atoms with Gasteiger partial charge in [0.1, 0.15) is 0 Å². The predicted molar refractivity (Wildman–Crippen MR) is 104 cm³/mol. The van der Waals surface area contributed by atoms with Crippen molar-refractivity contribution in [1.29, 1.82) is 0 Å². The highest BCUT2D eigenvalue weighted by atomic mass is 16.2. The molecule has 8 nitrogen and oxygen atoms in total. The molecule has 0 bridgehead atoms. The fraction of sp³-hybridized carbons (Fsp3) is 0.650. The van der Waals surface area contributed by atoms with E-state index in [2.05, 4.69) is 31.9 Å². The van der Waals surface area contributed by atoms with Gasteiger partial charge in [-0.05, 0) is 47.7 Å². The topological polar surface area (TPSA) is 88.8 Å². The zero-order chi connectivity index (χ0) is 19.4. The average Bonchev–Trinajstić information content (AvgIpc) is 3.44. The molecule has 8 heteroatoms. The first kappa shape index (κ1) is 19.0. The number of hydrogen-bond donors (Lipinski definition) is 1. The second-order valence-electron chi connectivity index (χ2n) is 7.95. The van der Waals surface area contributed by atoms with Gasteiger partial charge in [0.05, 0.1) is 11.6 Å². The van der Waals surface area contributed by atoms with Crippen molar-refractivity contribution in [2.45, 2.75) is 70.0 Å². The first-order valence-electron chi connectivity index (χ1n) is 10.4. The van der Waals surface area contributed by atoms with Crippen LogP contribution in [-0.2, 0) is 16.9 Å². The van der Waals surface area contributed by atoms with Crippen LogP contribution >= 0.6 is 0 Å². The molecular weight excluding hydrogens is 354 g/mol. The van der Waals surface area contributed by atoms with Crippen molar-refractivity contribution in [3.63, 3.8) is 0 Å². The molecule has 1 saturated carbocycles. The van der Waals surface area contributed by atoms with Crippen molar-refractivity contribution in [3.8, 4) is 0 Å². The quantitative estimate of drug-likeness (QED) is 0.823. The molecule has 1 saturated heterocycles. The maximum absolute atomic E-state index is 12.5. The van der Waals surface area contributed by atoms with Crippen molar-refractivity contribution in [1.82, 2.24) is 35.4 Å². The molecule has 28 heavy (non-hydrogen) atoms. The summed E-state index contributed by atoms with van der Waals surface area (Å²) in [5.74, 6) is 1.06. The van der Waals surface area contributed by atoms with Gasteiger partial charge in [-0.15, -0.1) is 5.10 Å². The zero-order valence-electron chi connectivity index (χ0n) is 16.5. The fourth-order valence-electron chi connectivity index (χ4n) is 4.58. The number of amides is 1. The van der Waals surface area contributed by atoms with Crippen molar-refractivity contribution in [2.24, 2.45) is 0 Å². The van der Waals surface area contributed by atoms with Gasteiger partial charge in [0.15, 0.2) is 5.82 Å². The van der Waals surface area contributed by atoms with E-state index in [-0.39, 0.29) is 5.91 Å². The summed E-state index contributed by atoms with van der Waals surface area (Å²) in [4.78, 5) is 18.7. The summed E-state index contributed by atoms with van der Waals surface area (Å²) in [5, 5.41) is 16.6. The largest absolute Gasteiger partial charge is 0.340 e. The number of nitrogens with one attached hydrogen (secondary N) is 1. The first-order chi connectivity index (χ1) is 13.7. The van der Waals surface area contributed by atoms with E-state index in [0.717, 1.165) is 43.6 Å². The highest BCUT2D eigenvalue weighted by Gasteiger charge is 2.43. The number of tetrazole rings is 1.